The van der Waals surface area contributed by atoms with Crippen LogP contribution in [0.15, 0.2) is 0 Å². The Balaban J connectivity index is 4.10. The van der Waals surface area contributed by atoms with Crippen molar-refractivity contribution in [1.29, 1.82) is 0 Å². The smallest absolute Gasteiger partial charge is 0.306 e. The fourth-order valence-corrected chi connectivity index (χ4v) is 1.20. The maximum Gasteiger partial charge on any atom is 0.306 e. The van der Waals surface area contributed by atoms with Crippen LogP contribution in [0.4, 0.5) is 0 Å². The molecule has 5 nitrogen and oxygen atoms in total. The van der Waals surface area contributed by atoms with E-state index in [2.05, 4.69) is 0 Å². The van der Waals surface area contributed by atoms with Crippen LogP contribution in [-0.2, 0) is 9.53 Å². The first-order valence-electron chi connectivity index (χ1n) is 4.85. The molecule has 0 aromatic carbocycles. The quantitative estimate of drug-likeness (QED) is 0.375. The van der Waals surface area contributed by atoms with Crippen LogP contribution in [-0.4, -0.2) is 23.0 Å². The monoisotopic (exact) mass is 203 g/mol. The van der Waals surface area contributed by atoms with Crippen molar-refractivity contribution in [3.8, 4) is 0 Å². The van der Waals surface area contributed by atoms with Crippen molar-refractivity contribution in [3.63, 3.8) is 0 Å². The van der Waals surface area contributed by atoms with Crippen molar-refractivity contribution >= 4 is 5.97 Å². The predicted octanol–water partition coefficient (Wildman–Crippen LogP) is 1.77. The summed E-state index contributed by atoms with van der Waals surface area (Å²) in [6.07, 6.45) is 0.737. The van der Waals surface area contributed by atoms with Gasteiger partial charge in [-0.2, -0.15) is 0 Å². The number of ether oxygens (including phenoxy) is 1. The molecule has 0 spiro atoms. The molecule has 0 saturated carbocycles. The van der Waals surface area contributed by atoms with Gasteiger partial charge in [-0.05, 0) is 13.3 Å². The molecule has 0 unspecified atom stereocenters. The lowest BCUT2D eigenvalue weighted by molar-refractivity contribution is -0.533. The van der Waals surface area contributed by atoms with Gasteiger partial charge in [0.15, 0.2) is 6.10 Å². The number of hydrogen-bond acceptors (Lipinski definition) is 4. The summed E-state index contributed by atoms with van der Waals surface area (Å²) in [7, 11) is 0. The van der Waals surface area contributed by atoms with Crippen LogP contribution in [0.5, 0.6) is 0 Å². The number of rotatable bonds is 6. The Bertz CT molecular complexity index is 205. The van der Waals surface area contributed by atoms with Gasteiger partial charge < -0.3 is 4.74 Å². The van der Waals surface area contributed by atoms with Crippen LogP contribution in [0.1, 0.15) is 40.0 Å². The van der Waals surface area contributed by atoms with Gasteiger partial charge in [0.05, 0.1) is 0 Å². The molecule has 82 valence electrons. The molecule has 0 aromatic heterocycles. The van der Waals surface area contributed by atoms with Crippen molar-refractivity contribution in [2.24, 2.45) is 0 Å². The standard InChI is InChI=1S/C9H17NO4/c1-4-6-9(11)14-7(3)8(5-2)10(12)13/h7-8H,4-6H2,1-3H3/t7-,8-/m1/s1. The first kappa shape index (κ1) is 12.9. The highest BCUT2D eigenvalue weighted by Crippen LogP contribution is 2.08. The zero-order valence-electron chi connectivity index (χ0n) is 8.86. The summed E-state index contributed by atoms with van der Waals surface area (Å²) < 4.78 is 4.92. The summed E-state index contributed by atoms with van der Waals surface area (Å²) in [5, 5.41) is 10.5. The van der Waals surface area contributed by atoms with Crippen molar-refractivity contribution in [2.75, 3.05) is 0 Å². The Labute approximate surface area is 83.6 Å². The molecule has 0 N–H and O–H groups in total. The van der Waals surface area contributed by atoms with Crippen LogP contribution in [0.25, 0.3) is 0 Å². The van der Waals surface area contributed by atoms with E-state index in [1.807, 2.05) is 6.92 Å². The summed E-state index contributed by atoms with van der Waals surface area (Å²) in [6, 6.07) is -0.796. The van der Waals surface area contributed by atoms with Gasteiger partial charge in [-0.25, -0.2) is 0 Å². The largest absolute Gasteiger partial charge is 0.455 e. The van der Waals surface area contributed by atoms with Gasteiger partial charge in [-0.15, -0.1) is 0 Å². The molecular weight excluding hydrogens is 186 g/mol. The van der Waals surface area contributed by atoms with E-state index in [9.17, 15) is 14.9 Å². The van der Waals surface area contributed by atoms with E-state index in [-0.39, 0.29) is 5.97 Å². The number of carbonyl (C=O) groups excluding carboxylic acids is 1. The first-order valence-corrected chi connectivity index (χ1v) is 4.85. The number of esters is 1. The highest BCUT2D eigenvalue weighted by atomic mass is 16.6. The number of carbonyl (C=O) groups is 1. The third-order valence-electron chi connectivity index (χ3n) is 2.00. The highest BCUT2D eigenvalue weighted by Gasteiger charge is 2.28. The van der Waals surface area contributed by atoms with Gasteiger partial charge in [0.1, 0.15) is 0 Å². The van der Waals surface area contributed by atoms with Crippen LogP contribution in [0.3, 0.4) is 0 Å². The minimum absolute atomic E-state index is 0.318. The second-order valence-electron chi connectivity index (χ2n) is 3.21. The SMILES string of the molecule is CCCC(=O)O[C@H](C)[C@@H](CC)[N+](=O)[O-]. The van der Waals surface area contributed by atoms with Gasteiger partial charge in [0, 0.05) is 17.8 Å². The Hall–Kier alpha value is -1.13. The fraction of sp³-hybridized carbons (Fsp3) is 0.889. The Morgan fingerprint density at radius 3 is 2.43 bits per heavy atom. The molecule has 0 heterocycles. The highest BCUT2D eigenvalue weighted by molar-refractivity contribution is 5.69. The molecule has 0 fully saturated rings. The van der Waals surface area contributed by atoms with Crippen molar-refractivity contribution in [3.05, 3.63) is 10.1 Å². The van der Waals surface area contributed by atoms with E-state index in [1.165, 1.54) is 0 Å². The normalized spacial score (nSPS) is 14.5. The molecule has 0 aliphatic carbocycles. The van der Waals surface area contributed by atoms with Crippen LogP contribution in [0, 0.1) is 10.1 Å². The van der Waals surface area contributed by atoms with E-state index >= 15 is 0 Å². The average Bonchev–Trinajstić information content (AvgIpc) is 2.04. The molecule has 0 aliphatic heterocycles. The van der Waals surface area contributed by atoms with Gasteiger partial charge in [-0.1, -0.05) is 13.8 Å². The Kier molecular flexibility index (Phi) is 5.83. The summed E-state index contributed by atoms with van der Waals surface area (Å²) in [5.74, 6) is -0.361. The second kappa shape index (κ2) is 6.34. The molecule has 0 aliphatic rings. The molecule has 0 rings (SSSR count). The Morgan fingerprint density at radius 2 is 2.07 bits per heavy atom. The lowest BCUT2D eigenvalue weighted by Crippen LogP contribution is -2.34. The zero-order valence-corrected chi connectivity index (χ0v) is 8.86. The number of nitro groups is 1. The lowest BCUT2D eigenvalue weighted by Gasteiger charge is -2.15. The molecule has 0 aromatic rings. The summed E-state index contributed by atoms with van der Waals surface area (Å²) >= 11 is 0. The summed E-state index contributed by atoms with van der Waals surface area (Å²) in [5.41, 5.74) is 0. The molecule has 0 saturated heterocycles. The molecule has 0 radical (unpaired) electrons. The predicted molar refractivity (Wildman–Crippen MR) is 51.5 cm³/mol. The minimum Gasteiger partial charge on any atom is -0.455 e. The van der Waals surface area contributed by atoms with Gasteiger partial charge in [0.2, 0.25) is 6.04 Å². The minimum atomic E-state index is -0.796. The molecular formula is C9H17NO4. The second-order valence-corrected chi connectivity index (χ2v) is 3.21. The number of nitrogens with zero attached hydrogens (tertiary/aromatic N) is 1. The van der Waals surface area contributed by atoms with Crippen molar-refractivity contribution in [2.45, 2.75) is 52.2 Å². The van der Waals surface area contributed by atoms with Gasteiger partial charge in [-0.3, -0.25) is 14.9 Å². The van der Waals surface area contributed by atoms with E-state index < -0.39 is 17.1 Å². The van der Waals surface area contributed by atoms with Crippen LogP contribution < -0.4 is 0 Å². The van der Waals surface area contributed by atoms with Gasteiger partial charge in [0.25, 0.3) is 0 Å². The van der Waals surface area contributed by atoms with Crippen LogP contribution in [0.2, 0.25) is 0 Å². The maximum absolute atomic E-state index is 11.1. The molecule has 0 bridgehead atoms. The topological polar surface area (TPSA) is 69.4 Å². The molecule has 5 heteroatoms. The summed E-state index contributed by atoms with van der Waals surface area (Å²) in [6.45, 7) is 5.12. The van der Waals surface area contributed by atoms with E-state index in [0.717, 1.165) is 0 Å². The van der Waals surface area contributed by atoms with E-state index in [1.54, 1.807) is 13.8 Å². The van der Waals surface area contributed by atoms with Crippen molar-refractivity contribution in [1.82, 2.24) is 0 Å². The van der Waals surface area contributed by atoms with Gasteiger partial charge >= 0.3 is 5.97 Å². The zero-order chi connectivity index (χ0) is 11.1. The first-order chi connectivity index (χ1) is 6.52. The van der Waals surface area contributed by atoms with E-state index in [0.29, 0.717) is 19.3 Å². The third kappa shape index (κ3) is 4.20. The molecule has 0 amide bonds. The summed E-state index contributed by atoms with van der Waals surface area (Å²) in [4.78, 5) is 21.2. The molecule has 2 atom stereocenters. The lowest BCUT2D eigenvalue weighted by atomic mass is 10.1. The van der Waals surface area contributed by atoms with Crippen LogP contribution >= 0.6 is 0 Å². The number of hydrogen-bond donors (Lipinski definition) is 0. The van der Waals surface area contributed by atoms with E-state index in [4.69, 9.17) is 4.74 Å². The average molecular weight is 203 g/mol. The third-order valence-corrected chi connectivity index (χ3v) is 2.00. The maximum atomic E-state index is 11.1. The molecule has 14 heavy (non-hydrogen) atoms. The fourth-order valence-electron chi connectivity index (χ4n) is 1.20. The van der Waals surface area contributed by atoms with Crippen molar-refractivity contribution < 1.29 is 14.5 Å². The Morgan fingerprint density at radius 1 is 1.50 bits per heavy atom.